The minimum absolute atomic E-state index is 0.0881. The van der Waals surface area contributed by atoms with Gasteiger partial charge in [-0.1, -0.05) is 19.8 Å². The van der Waals surface area contributed by atoms with Gasteiger partial charge in [0.25, 0.3) is 0 Å². The smallest absolute Gasteiger partial charge is 0.303 e. The molecule has 0 saturated carbocycles. The number of esters is 2. The van der Waals surface area contributed by atoms with E-state index in [1.807, 2.05) is 0 Å². The third kappa shape index (κ3) is 11.1. The van der Waals surface area contributed by atoms with Gasteiger partial charge in [0, 0.05) is 20.3 Å². The van der Waals surface area contributed by atoms with Gasteiger partial charge in [0.1, 0.15) is 11.7 Å². The van der Waals surface area contributed by atoms with E-state index >= 15 is 0 Å². The number of allylic oxidation sites excluding steroid dienone is 1. The Morgan fingerprint density at radius 3 is 2.23 bits per heavy atom. The number of ketones is 1. The van der Waals surface area contributed by atoms with Crippen LogP contribution in [-0.4, -0.2) is 29.4 Å². The Morgan fingerprint density at radius 2 is 1.73 bits per heavy atom. The fourth-order valence-electron chi connectivity index (χ4n) is 2.12. The molecule has 0 N–H and O–H groups in total. The van der Waals surface area contributed by atoms with Crippen LogP contribution in [0.1, 0.15) is 66.7 Å². The summed E-state index contributed by atoms with van der Waals surface area (Å²) in [5.41, 5.74) is -0.841. The normalized spacial score (nSPS) is 13.0. The molecule has 0 fully saturated rings. The summed E-state index contributed by atoms with van der Waals surface area (Å²) in [6.07, 6.45) is 6.49. The molecule has 22 heavy (non-hydrogen) atoms. The van der Waals surface area contributed by atoms with Crippen molar-refractivity contribution in [1.82, 2.24) is 0 Å². The number of hydrogen-bond acceptors (Lipinski definition) is 5. The van der Waals surface area contributed by atoms with E-state index in [0.29, 0.717) is 6.42 Å². The van der Waals surface area contributed by atoms with Gasteiger partial charge in [-0.3, -0.25) is 14.4 Å². The summed E-state index contributed by atoms with van der Waals surface area (Å²) in [6, 6.07) is 0. The Morgan fingerprint density at radius 1 is 1.09 bits per heavy atom. The topological polar surface area (TPSA) is 69.7 Å². The minimum atomic E-state index is -0.841. The van der Waals surface area contributed by atoms with E-state index in [2.05, 4.69) is 6.92 Å². The van der Waals surface area contributed by atoms with Crippen LogP contribution in [0.25, 0.3) is 0 Å². The second kappa shape index (κ2) is 10.1. The van der Waals surface area contributed by atoms with E-state index in [1.165, 1.54) is 19.9 Å². The first-order chi connectivity index (χ1) is 10.2. The van der Waals surface area contributed by atoms with Crippen molar-refractivity contribution in [3.63, 3.8) is 0 Å². The molecule has 0 aliphatic rings. The zero-order valence-electron chi connectivity index (χ0n) is 14.3. The molecular formula is C17H28O5. The average molecular weight is 312 g/mol. The van der Waals surface area contributed by atoms with E-state index in [0.717, 1.165) is 19.3 Å². The fourth-order valence-corrected chi connectivity index (χ4v) is 2.12. The number of hydrogen-bond donors (Lipinski definition) is 0. The predicted octanol–water partition coefficient (Wildman–Crippen LogP) is 3.36. The average Bonchev–Trinajstić information content (AvgIpc) is 2.33. The molecule has 5 nitrogen and oxygen atoms in total. The van der Waals surface area contributed by atoms with Gasteiger partial charge in [-0.2, -0.15) is 0 Å². The Balaban J connectivity index is 4.54. The molecule has 0 aromatic rings. The molecule has 0 aliphatic carbocycles. The van der Waals surface area contributed by atoms with E-state index in [1.54, 1.807) is 19.9 Å². The molecule has 0 amide bonds. The summed E-state index contributed by atoms with van der Waals surface area (Å²) < 4.78 is 10.3. The van der Waals surface area contributed by atoms with Gasteiger partial charge in [-0.05, 0) is 38.8 Å². The highest BCUT2D eigenvalue weighted by atomic mass is 16.6. The summed E-state index contributed by atoms with van der Waals surface area (Å²) >= 11 is 0. The van der Waals surface area contributed by atoms with Crippen molar-refractivity contribution in [2.75, 3.05) is 0 Å². The summed E-state index contributed by atoms with van der Waals surface area (Å²) in [7, 11) is 0. The van der Waals surface area contributed by atoms with Gasteiger partial charge < -0.3 is 9.47 Å². The molecule has 0 heterocycles. The number of unbranched alkanes of at least 4 members (excludes halogenated alkanes) is 2. The molecule has 0 aromatic carbocycles. The Hall–Kier alpha value is -1.65. The summed E-state index contributed by atoms with van der Waals surface area (Å²) in [5, 5.41) is 0. The van der Waals surface area contributed by atoms with E-state index in [4.69, 9.17) is 9.47 Å². The van der Waals surface area contributed by atoms with Crippen LogP contribution in [0.2, 0.25) is 0 Å². The lowest BCUT2D eigenvalue weighted by molar-refractivity contribution is -0.155. The van der Waals surface area contributed by atoms with Crippen LogP contribution in [0, 0.1) is 0 Å². The number of carbonyl (C=O) groups is 3. The molecule has 126 valence electrons. The minimum Gasteiger partial charge on any atom is -0.459 e. The van der Waals surface area contributed by atoms with Crippen molar-refractivity contribution in [2.45, 2.75) is 78.4 Å². The second-order valence-electron chi connectivity index (χ2n) is 6.00. The lowest BCUT2D eigenvalue weighted by Crippen LogP contribution is -2.29. The molecule has 0 aliphatic heterocycles. The maximum Gasteiger partial charge on any atom is 0.303 e. The maximum atomic E-state index is 11.9. The van der Waals surface area contributed by atoms with Crippen molar-refractivity contribution < 1.29 is 23.9 Å². The maximum absolute atomic E-state index is 11.9. The van der Waals surface area contributed by atoms with Crippen molar-refractivity contribution in [3.05, 3.63) is 12.2 Å². The number of carbonyl (C=O) groups excluding carboxylic acids is 3. The molecule has 0 radical (unpaired) electrons. The first kappa shape index (κ1) is 20.3. The van der Waals surface area contributed by atoms with Gasteiger partial charge in [0.15, 0.2) is 5.78 Å². The summed E-state index contributed by atoms with van der Waals surface area (Å²) in [5.74, 6) is -0.947. The fraction of sp³-hybridized carbons (Fsp3) is 0.706. The predicted molar refractivity (Wildman–Crippen MR) is 84.3 cm³/mol. The lowest BCUT2D eigenvalue weighted by Gasteiger charge is -2.22. The third-order valence-electron chi connectivity index (χ3n) is 2.93. The first-order valence-electron chi connectivity index (χ1n) is 7.74. The van der Waals surface area contributed by atoms with Crippen LogP contribution in [0.5, 0.6) is 0 Å². The van der Waals surface area contributed by atoms with Crippen molar-refractivity contribution >= 4 is 17.7 Å². The monoisotopic (exact) mass is 312 g/mol. The number of ether oxygens (including phenoxy) is 2. The summed E-state index contributed by atoms with van der Waals surface area (Å²) in [4.78, 5) is 34.0. The van der Waals surface area contributed by atoms with Crippen LogP contribution in [0.4, 0.5) is 0 Å². The Kier molecular flexibility index (Phi) is 9.38. The first-order valence-corrected chi connectivity index (χ1v) is 7.74. The van der Waals surface area contributed by atoms with Crippen LogP contribution < -0.4 is 0 Å². The molecule has 5 heteroatoms. The van der Waals surface area contributed by atoms with Gasteiger partial charge in [0.2, 0.25) is 0 Å². The van der Waals surface area contributed by atoms with Crippen LogP contribution >= 0.6 is 0 Å². The zero-order valence-corrected chi connectivity index (χ0v) is 14.3. The summed E-state index contributed by atoms with van der Waals surface area (Å²) in [6.45, 7) is 8.13. The molecular weight excluding hydrogens is 284 g/mol. The Bertz CT molecular complexity index is 409. The zero-order chi connectivity index (χ0) is 17.2. The SMILES string of the molecule is CCCCCC(/C=C/C(=O)CC(C)(C)OC(C)=O)OC(C)=O. The second-order valence-corrected chi connectivity index (χ2v) is 6.00. The Labute approximate surface area is 133 Å². The van der Waals surface area contributed by atoms with Gasteiger partial charge in [-0.15, -0.1) is 0 Å². The molecule has 0 rings (SSSR count). The van der Waals surface area contributed by atoms with Crippen molar-refractivity contribution in [3.8, 4) is 0 Å². The molecule has 0 aromatic heterocycles. The van der Waals surface area contributed by atoms with Crippen LogP contribution in [0.3, 0.4) is 0 Å². The highest BCUT2D eigenvalue weighted by Gasteiger charge is 2.24. The molecule has 0 bridgehead atoms. The number of rotatable bonds is 10. The standard InChI is InChI=1S/C17H28O5/c1-6-7-8-9-16(21-13(2)18)11-10-15(20)12-17(4,5)22-14(3)19/h10-11,16H,6-9,12H2,1-5H3/b11-10+. The largest absolute Gasteiger partial charge is 0.459 e. The molecule has 1 unspecified atom stereocenters. The van der Waals surface area contributed by atoms with E-state index in [9.17, 15) is 14.4 Å². The van der Waals surface area contributed by atoms with Crippen molar-refractivity contribution in [2.24, 2.45) is 0 Å². The highest BCUT2D eigenvalue weighted by molar-refractivity contribution is 5.90. The van der Waals surface area contributed by atoms with Gasteiger partial charge >= 0.3 is 11.9 Å². The van der Waals surface area contributed by atoms with Crippen LogP contribution in [-0.2, 0) is 23.9 Å². The molecule has 0 saturated heterocycles. The third-order valence-corrected chi connectivity index (χ3v) is 2.93. The quantitative estimate of drug-likeness (QED) is 0.351. The molecule has 1 atom stereocenters. The van der Waals surface area contributed by atoms with Crippen LogP contribution in [0.15, 0.2) is 12.2 Å². The van der Waals surface area contributed by atoms with E-state index < -0.39 is 11.6 Å². The van der Waals surface area contributed by atoms with Gasteiger partial charge in [0.05, 0.1) is 0 Å². The van der Waals surface area contributed by atoms with Crippen molar-refractivity contribution in [1.29, 1.82) is 0 Å². The lowest BCUT2D eigenvalue weighted by atomic mass is 10.0. The van der Waals surface area contributed by atoms with Gasteiger partial charge in [-0.25, -0.2) is 0 Å². The molecule has 0 spiro atoms. The highest BCUT2D eigenvalue weighted by Crippen LogP contribution is 2.16. The van der Waals surface area contributed by atoms with E-state index in [-0.39, 0.29) is 24.3 Å².